The first-order chi connectivity index (χ1) is 9.81. The van der Waals surface area contributed by atoms with Gasteiger partial charge in [-0.3, -0.25) is 5.10 Å². The molecule has 1 atom stereocenters. The number of H-pyrrole nitrogens is 1. The number of carboxylic acids is 1. The van der Waals surface area contributed by atoms with Gasteiger partial charge in [-0.05, 0) is 25.1 Å². The number of hydrogen-bond donors (Lipinski definition) is 3. The summed E-state index contributed by atoms with van der Waals surface area (Å²) in [5.41, 5.74) is -0.168. The van der Waals surface area contributed by atoms with Gasteiger partial charge < -0.3 is 5.11 Å². The molecule has 1 aromatic carbocycles. The number of nitrogens with one attached hydrogen (secondary N) is 2. The molecule has 1 aromatic heterocycles. The van der Waals surface area contributed by atoms with Crippen LogP contribution in [0.3, 0.4) is 0 Å². The summed E-state index contributed by atoms with van der Waals surface area (Å²) in [5.74, 6) is -0.876. The van der Waals surface area contributed by atoms with Crippen molar-refractivity contribution in [1.29, 1.82) is 0 Å². The zero-order valence-electron chi connectivity index (χ0n) is 10.7. The molecule has 3 N–H and O–H groups in total. The first kappa shape index (κ1) is 15.4. The number of hydrogen-bond acceptors (Lipinski definition) is 5. The van der Waals surface area contributed by atoms with Crippen molar-refractivity contribution in [3.63, 3.8) is 0 Å². The summed E-state index contributed by atoms with van der Waals surface area (Å²) in [5, 5.41) is 14.9. The fraction of sp³-hybridized carbons (Fsp3) is 0.182. The second kappa shape index (κ2) is 5.80. The van der Waals surface area contributed by atoms with Crippen molar-refractivity contribution in [1.82, 2.24) is 19.9 Å². The fourth-order valence-corrected chi connectivity index (χ4v) is 3.18. The Kier molecular flexibility index (Phi) is 4.26. The summed E-state index contributed by atoms with van der Waals surface area (Å²) in [6.07, 6.45) is 1.26. The van der Waals surface area contributed by atoms with Gasteiger partial charge in [-0.15, -0.1) is 0 Å². The highest BCUT2D eigenvalue weighted by Gasteiger charge is 2.21. The average Bonchev–Trinajstić information content (AvgIpc) is 2.91. The van der Waals surface area contributed by atoms with Crippen molar-refractivity contribution >= 4 is 27.6 Å². The van der Waals surface area contributed by atoms with Crippen LogP contribution in [0, 0.1) is 0 Å². The van der Waals surface area contributed by atoms with Crippen molar-refractivity contribution in [2.24, 2.45) is 0 Å². The first-order valence-electron chi connectivity index (χ1n) is 5.71. The number of aromatic nitrogens is 3. The maximum atomic E-state index is 12.2. The Labute approximate surface area is 125 Å². The highest BCUT2D eigenvalue weighted by molar-refractivity contribution is 7.89. The third kappa shape index (κ3) is 3.38. The number of nitrogens with zero attached hydrogens (tertiary/aromatic N) is 2. The number of aromatic amines is 1. The Morgan fingerprint density at radius 2 is 2.19 bits per heavy atom. The van der Waals surface area contributed by atoms with Crippen LogP contribution in [0.15, 0.2) is 29.4 Å². The van der Waals surface area contributed by atoms with Gasteiger partial charge in [-0.25, -0.2) is 22.9 Å². The molecule has 1 unspecified atom stereocenters. The predicted molar refractivity (Wildman–Crippen MR) is 73.5 cm³/mol. The standard InChI is InChI=1S/C11H11ClN4O4S/c1-6(10-13-5-14-15-10)16-21(19,20)7-2-3-8(11(17)18)9(12)4-7/h2-6,16H,1H3,(H,17,18)(H,13,14,15). The van der Waals surface area contributed by atoms with E-state index in [0.29, 0.717) is 5.82 Å². The molecule has 0 radical (unpaired) electrons. The van der Waals surface area contributed by atoms with E-state index in [1.54, 1.807) is 6.92 Å². The Balaban J connectivity index is 2.28. The third-order valence-electron chi connectivity index (χ3n) is 2.66. The summed E-state index contributed by atoms with van der Waals surface area (Å²) in [6.45, 7) is 1.59. The molecule has 0 bridgehead atoms. The van der Waals surface area contributed by atoms with Crippen LogP contribution in [-0.2, 0) is 10.0 Å². The van der Waals surface area contributed by atoms with Crippen LogP contribution in [-0.4, -0.2) is 34.7 Å². The van der Waals surface area contributed by atoms with E-state index in [0.717, 1.165) is 12.1 Å². The normalized spacial score (nSPS) is 13.0. The van der Waals surface area contributed by atoms with Gasteiger partial charge in [0.2, 0.25) is 10.0 Å². The van der Waals surface area contributed by atoms with Gasteiger partial charge in [0.15, 0.2) is 0 Å². The average molecular weight is 331 g/mol. The fourth-order valence-electron chi connectivity index (χ4n) is 1.62. The second-order valence-corrected chi connectivity index (χ2v) is 6.28. The molecule has 10 heteroatoms. The molecule has 0 spiro atoms. The van der Waals surface area contributed by atoms with Crippen LogP contribution >= 0.6 is 11.6 Å². The van der Waals surface area contributed by atoms with Gasteiger partial charge in [-0.1, -0.05) is 11.6 Å². The van der Waals surface area contributed by atoms with E-state index < -0.39 is 22.0 Å². The maximum absolute atomic E-state index is 12.2. The zero-order valence-corrected chi connectivity index (χ0v) is 12.3. The molecule has 1 heterocycles. The van der Waals surface area contributed by atoms with Gasteiger partial charge in [0.1, 0.15) is 12.2 Å². The minimum absolute atomic E-state index is 0.135. The number of aromatic carboxylic acids is 1. The van der Waals surface area contributed by atoms with Crippen molar-refractivity contribution in [2.45, 2.75) is 17.9 Å². The van der Waals surface area contributed by atoms with E-state index in [2.05, 4.69) is 19.9 Å². The van der Waals surface area contributed by atoms with Crippen LogP contribution in [0.1, 0.15) is 29.1 Å². The lowest BCUT2D eigenvalue weighted by Crippen LogP contribution is -2.27. The third-order valence-corrected chi connectivity index (χ3v) is 4.51. The number of rotatable bonds is 5. The van der Waals surface area contributed by atoms with E-state index in [1.807, 2.05) is 0 Å². The smallest absolute Gasteiger partial charge is 0.337 e. The van der Waals surface area contributed by atoms with E-state index >= 15 is 0 Å². The molecule has 0 saturated carbocycles. The number of halogens is 1. The molecular weight excluding hydrogens is 320 g/mol. The summed E-state index contributed by atoms with van der Waals surface area (Å²) in [4.78, 5) is 14.6. The molecule has 0 aliphatic heterocycles. The van der Waals surface area contributed by atoms with Crippen molar-refractivity contribution in [3.8, 4) is 0 Å². The number of benzene rings is 1. The summed E-state index contributed by atoms with van der Waals surface area (Å²) < 4.78 is 26.8. The molecule has 0 amide bonds. The molecule has 8 nitrogen and oxygen atoms in total. The Hall–Kier alpha value is -1.97. The lowest BCUT2D eigenvalue weighted by atomic mass is 10.2. The lowest BCUT2D eigenvalue weighted by molar-refractivity contribution is 0.0697. The minimum Gasteiger partial charge on any atom is -0.478 e. The molecule has 0 aliphatic carbocycles. The molecule has 0 aliphatic rings. The Bertz CT molecular complexity index is 761. The molecule has 112 valence electrons. The maximum Gasteiger partial charge on any atom is 0.337 e. The highest BCUT2D eigenvalue weighted by Crippen LogP contribution is 2.22. The number of carbonyl (C=O) groups is 1. The number of sulfonamides is 1. The van der Waals surface area contributed by atoms with Gasteiger partial charge in [0, 0.05) is 0 Å². The van der Waals surface area contributed by atoms with Crippen LogP contribution < -0.4 is 4.72 Å². The van der Waals surface area contributed by atoms with Gasteiger partial charge >= 0.3 is 5.97 Å². The Morgan fingerprint density at radius 1 is 1.48 bits per heavy atom. The molecular formula is C11H11ClN4O4S. The topological polar surface area (TPSA) is 125 Å². The molecule has 0 fully saturated rings. The quantitative estimate of drug-likeness (QED) is 0.756. The lowest BCUT2D eigenvalue weighted by Gasteiger charge is -2.12. The van der Waals surface area contributed by atoms with Crippen LogP contribution in [0.2, 0.25) is 5.02 Å². The summed E-state index contributed by atoms with van der Waals surface area (Å²) >= 11 is 5.76. The van der Waals surface area contributed by atoms with E-state index in [1.165, 1.54) is 12.4 Å². The van der Waals surface area contributed by atoms with Gasteiger partial charge in [0.05, 0.1) is 21.5 Å². The summed E-state index contributed by atoms with van der Waals surface area (Å²) in [7, 11) is -3.87. The van der Waals surface area contributed by atoms with Crippen molar-refractivity contribution < 1.29 is 18.3 Å². The van der Waals surface area contributed by atoms with Crippen molar-refractivity contribution in [3.05, 3.63) is 40.9 Å². The van der Waals surface area contributed by atoms with Crippen molar-refractivity contribution in [2.75, 3.05) is 0 Å². The number of carboxylic acid groups (broad SMARTS) is 1. The van der Waals surface area contributed by atoms with E-state index in [9.17, 15) is 13.2 Å². The second-order valence-electron chi connectivity index (χ2n) is 4.16. The van der Waals surface area contributed by atoms with Crippen LogP contribution in [0.4, 0.5) is 0 Å². The van der Waals surface area contributed by atoms with Crippen LogP contribution in [0.25, 0.3) is 0 Å². The molecule has 2 aromatic rings. The molecule has 0 saturated heterocycles. The van der Waals surface area contributed by atoms with E-state index in [4.69, 9.17) is 16.7 Å². The van der Waals surface area contributed by atoms with Gasteiger partial charge in [0.25, 0.3) is 0 Å². The first-order valence-corrected chi connectivity index (χ1v) is 7.58. The Morgan fingerprint density at radius 3 is 2.71 bits per heavy atom. The largest absolute Gasteiger partial charge is 0.478 e. The molecule has 2 rings (SSSR count). The summed E-state index contributed by atoms with van der Waals surface area (Å²) in [6, 6.07) is 2.76. The SMILES string of the molecule is CC(NS(=O)(=O)c1ccc(C(=O)O)c(Cl)c1)c1ncn[nH]1. The molecule has 21 heavy (non-hydrogen) atoms. The van der Waals surface area contributed by atoms with Gasteiger partial charge in [-0.2, -0.15) is 5.10 Å². The monoisotopic (exact) mass is 330 g/mol. The van der Waals surface area contributed by atoms with Crippen LogP contribution in [0.5, 0.6) is 0 Å². The predicted octanol–water partition coefficient (Wildman–Crippen LogP) is 1.20. The van der Waals surface area contributed by atoms with E-state index in [-0.39, 0.29) is 15.5 Å². The minimum atomic E-state index is -3.87. The highest BCUT2D eigenvalue weighted by atomic mass is 35.5. The zero-order chi connectivity index (χ0) is 15.6.